The van der Waals surface area contributed by atoms with Crippen LogP contribution in [0.2, 0.25) is 0 Å². The van der Waals surface area contributed by atoms with E-state index >= 15 is 0 Å². The number of para-hydroxylation sites is 2. The molecule has 0 N–H and O–H groups in total. The van der Waals surface area contributed by atoms with Crippen molar-refractivity contribution in [2.45, 2.75) is 9.79 Å². The van der Waals surface area contributed by atoms with Crippen LogP contribution in [0.4, 0.5) is 17.1 Å². The molecule has 11 rings (SSSR count). The number of hydrogen-bond donors (Lipinski definition) is 0. The molecule has 55 heavy (non-hydrogen) atoms. The van der Waals surface area contributed by atoms with Crippen molar-refractivity contribution in [1.29, 1.82) is 0 Å². The van der Waals surface area contributed by atoms with Crippen molar-refractivity contribution in [2.24, 2.45) is 0 Å². The Labute approximate surface area is 322 Å². The van der Waals surface area contributed by atoms with Crippen LogP contribution in [0.25, 0.3) is 72.4 Å². The van der Waals surface area contributed by atoms with Crippen molar-refractivity contribution >= 4 is 61.4 Å². The molecule has 10 aromatic rings. The first-order valence-electron chi connectivity index (χ1n) is 18.4. The molecule has 1 aliphatic heterocycles. The zero-order valence-corrected chi connectivity index (χ0v) is 30.4. The summed E-state index contributed by atoms with van der Waals surface area (Å²) >= 11 is 1.82. The van der Waals surface area contributed by atoms with Gasteiger partial charge in [0.2, 0.25) is 5.95 Å². The first-order chi connectivity index (χ1) is 27.3. The van der Waals surface area contributed by atoms with E-state index in [9.17, 15) is 0 Å². The molecule has 0 atom stereocenters. The monoisotopic (exact) mass is 721 g/mol. The van der Waals surface area contributed by atoms with Crippen LogP contribution in [0.1, 0.15) is 0 Å². The Morgan fingerprint density at radius 2 is 1.02 bits per heavy atom. The Hall–Kier alpha value is -7.02. The number of fused-ring (bicyclic) bond motifs is 7. The first-order valence-corrected chi connectivity index (χ1v) is 19.2. The highest BCUT2D eigenvalue weighted by molar-refractivity contribution is 7.99. The number of aromatic nitrogens is 4. The van der Waals surface area contributed by atoms with Crippen molar-refractivity contribution in [3.05, 3.63) is 188 Å². The van der Waals surface area contributed by atoms with Gasteiger partial charge in [0.1, 0.15) is 0 Å². The molecule has 8 aromatic carbocycles. The topological polar surface area (TPSA) is 46.8 Å². The van der Waals surface area contributed by atoms with E-state index < -0.39 is 0 Å². The van der Waals surface area contributed by atoms with Crippen LogP contribution in [-0.2, 0) is 0 Å². The molecule has 2 aromatic heterocycles. The molecule has 0 unspecified atom stereocenters. The average Bonchev–Trinajstić information content (AvgIpc) is 3.60. The van der Waals surface area contributed by atoms with Gasteiger partial charge in [0, 0.05) is 37.4 Å². The van der Waals surface area contributed by atoms with Crippen molar-refractivity contribution in [1.82, 2.24) is 19.5 Å². The number of anilines is 3. The van der Waals surface area contributed by atoms with Gasteiger partial charge in [-0.15, -0.1) is 0 Å². The Morgan fingerprint density at radius 3 is 1.78 bits per heavy atom. The van der Waals surface area contributed by atoms with Crippen LogP contribution >= 0.6 is 11.8 Å². The van der Waals surface area contributed by atoms with Crippen LogP contribution in [0.3, 0.4) is 0 Å². The maximum atomic E-state index is 5.20. The minimum absolute atomic E-state index is 0.580. The Morgan fingerprint density at radius 1 is 0.400 bits per heavy atom. The highest BCUT2D eigenvalue weighted by Crippen LogP contribution is 2.52. The van der Waals surface area contributed by atoms with Gasteiger partial charge in [-0.1, -0.05) is 151 Å². The smallest absolute Gasteiger partial charge is 0.238 e. The molecule has 0 saturated heterocycles. The third-order valence-electron chi connectivity index (χ3n) is 10.4. The zero-order valence-electron chi connectivity index (χ0n) is 29.5. The van der Waals surface area contributed by atoms with Gasteiger partial charge in [0.15, 0.2) is 11.6 Å². The van der Waals surface area contributed by atoms with Crippen LogP contribution in [0.15, 0.2) is 198 Å². The van der Waals surface area contributed by atoms with E-state index in [1.165, 1.54) is 37.3 Å². The molecule has 0 saturated carbocycles. The second-order valence-electron chi connectivity index (χ2n) is 13.7. The summed E-state index contributed by atoms with van der Waals surface area (Å²) < 4.78 is 2.22. The highest BCUT2D eigenvalue weighted by atomic mass is 32.2. The minimum Gasteiger partial charge on any atom is -0.308 e. The van der Waals surface area contributed by atoms with Gasteiger partial charge in [-0.05, 0) is 70.4 Å². The molecule has 0 fully saturated rings. The van der Waals surface area contributed by atoms with E-state index in [1.54, 1.807) is 0 Å². The fourth-order valence-electron chi connectivity index (χ4n) is 7.87. The maximum absolute atomic E-state index is 5.20. The molecule has 1 aliphatic rings. The van der Waals surface area contributed by atoms with Gasteiger partial charge in [-0.3, -0.25) is 4.57 Å². The summed E-state index contributed by atoms with van der Waals surface area (Å²) in [5, 5.41) is 4.72. The van der Waals surface area contributed by atoms with Gasteiger partial charge in [0.25, 0.3) is 0 Å². The molecule has 0 radical (unpaired) electrons. The van der Waals surface area contributed by atoms with Crippen LogP contribution < -0.4 is 4.90 Å². The molecule has 258 valence electrons. The molecule has 0 bridgehead atoms. The fraction of sp³-hybridized carbons (Fsp3) is 0. The minimum atomic E-state index is 0.580. The number of benzene rings is 8. The van der Waals surface area contributed by atoms with Crippen LogP contribution in [0.5, 0.6) is 0 Å². The van der Waals surface area contributed by atoms with Crippen molar-refractivity contribution < 1.29 is 0 Å². The summed E-state index contributed by atoms with van der Waals surface area (Å²) in [7, 11) is 0. The van der Waals surface area contributed by atoms with Gasteiger partial charge in [-0.2, -0.15) is 9.97 Å². The third kappa shape index (κ3) is 5.30. The van der Waals surface area contributed by atoms with Crippen molar-refractivity contribution in [3.63, 3.8) is 0 Å². The summed E-state index contributed by atoms with van der Waals surface area (Å²) in [6.07, 6.45) is 0. The molecule has 0 amide bonds. The lowest BCUT2D eigenvalue weighted by atomic mass is 10.0. The normalized spacial score (nSPS) is 12.3. The molecule has 3 heterocycles. The predicted molar refractivity (Wildman–Crippen MR) is 227 cm³/mol. The number of hydrogen-bond acceptors (Lipinski definition) is 5. The summed E-state index contributed by atoms with van der Waals surface area (Å²) in [6.45, 7) is 0. The maximum Gasteiger partial charge on any atom is 0.238 e. The lowest BCUT2D eigenvalue weighted by Crippen LogP contribution is -2.14. The largest absolute Gasteiger partial charge is 0.308 e. The van der Waals surface area contributed by atoms with E-state index in [4.69, 9.17) is 15.0 Å². The van der Waals surface area contributed by atoms with E-state index in [2.05, 4.69) is 161 Å². The SMILES string of the molecule is c1ccc(-c2nc(-c3ccccc3)nc(-n3c4cc(-c5ccc6c(c5)Sc5ccccc5N6c5ccccc5)ccc4c4c5ccccc5ccc43)n2)cc1. The van der Waals surface area contributed by atoms with E-state index in [-0.39, 0.29) is 0 Å². The second kappa shape index (κ2) is 12.8. The quantitative estimate of drug-likeness (QED) is 0.177. The Balaban J connectivity index is 1.14. The van der Waals surface area contributed by atoms with Gasteiger partial charge < -0.3 is 4.90 Å². The molecule has 6 heteroatoms. The summed E-state index contributed by atoms with van der Waals surface area (Å²) in [6, 6.07) is 66.3. The van der Waals surface area contributed by atoms with Gasteiger partial charge in [-0.25, -0.2) is 4.98 Å². The molecule has 0 spiro atoms. The molecule has 5 nitrogen and oxygen atoms in total. The first kappa shape index (κ1) is 31.5. The summed E-state index contributed by atoms with van der Waals surface area (Å²) in [4.78, 5) is 20.2. The summed E-state index contributed by atoms with van der Waals surface area (Å²) in [5.74, 6) is 1.84. The van der Waals surface area contributed by atoms with Crippen molar-refractivity contribution in [2.75, 3.05) is 4.90 Å². The van der Waals surface area contributed by atoms with Crippen LogP contribution in [0, 0.1) is 0 Å². The zero-order chi connectivity index (χ0) is 36.3. The van der Waals surface area contributed by atoms with Gasteiger partial charge >= 0.3 is 0 Å². The fourth-order valence-corrected chi connectivity index (χ4v) is 8.97. The standard InChI is InChI=1S/C49H31N5S/c1-4-15-33(16-5-1)47-50-48(34-17-6-2-7-18-34)52-49(51-47)54-42-29-25-32-14-10-11-21-38(32)46(42)39-27-24-35(30-43(39)54)36-26-28-41-45(31-36)55-44-23-13-12-22-40(44)53(41)37-19-8-3-9-20-37/h1-31H. The Kier molecular flexibility index (Phi) is 7.35. The number of nitrogens with zero attached hydrogens (tertiary/aromatic N) is 5. The van der Waals surface area contributed by atoms with Crippen molar-refractivity contribution in [3.8, 4) is 39.9 Å². The van der Waals surface area contributed by atoms with E-state index in [0.29, 0.717) is 17.6 Å². The van der Waals surface area contributed by atoms with E-state index in [0.717, 1.165) is 44.4 Å². The number of rotatable bonds is 5. The Bertz CT molecular complexity index is 3010. The summed E-state index contributed by atoms with van der Waals surface area (Å²) in [5.41, 5.74) is 9.74. The second-order valence-corrected chi connectivity index (χ2v) is 14.8. The van der Waals surface area contributed by atoms with Gasteiger partial charge in [0.05, 0.1) is 22.4 Å². The van der Waals surface area contributed by atoms with E-state index in [1.807, 2.05) is 48.2 Å². The third-order valence-corrected chi connectivity index (χ3v) is 11.5. The lowest BCUT2D eigenvalue weighted by Gasteiger charge is -2.33. The molecular formula is C49H31N5S. The predicted octanol–water partition coefficient (Wildman–Crippen LogP) is 13.1. The van der Waals surface area contributed by atoms with Crippen LogP contribution in [-0.4, -0.2) is 19.5 Å². The highest BCUT2D eigenvalue weighted by Gasteiger charge is 2.26. The molecule has 0 aliphatic carbocycles. The average molecular weight is 722 g/mol. The molecular weight excluding hydrogens is 691 g/mol. The lowest BCUT2D eigenvalue weighted by molar-refractivity contribution is 0.954.